The maximum absolute atomic E-state index is 10.7. The van der Waals surface area contributed by atoms with Crippen LogP contribution in [0, 0.1) is 0 Å². The molecule has 1 aromatic rings. The van der Waals surface area contributed by atoms with E-state index in [4.69, 9.17) is 0 Å². The van der Waals surface area contributed by atoms with Gasteiger partial charge >= 0.3 is 0 Å². The summed E-state index contributed by atoms with van der Waals surface area (Å²) < 4.78 is 0. The summed E-state index contributed by atoms with van der Waals surface area (Å²) in [5, 5.41) is 9.15. The number of rotatable bonds is 4. The van der Waals surface area contributed by atoms with Crippen LogP contribution in [-0.4, -0.2) is 27.4 Å². The zero-order valence-corrected chi connectivity index (χ0v) is 8.64. The third-order valence-corrected chi connectivity index (χ3v) is 2.09. The van der Waals surface area contributed by atoms with Crippen molar-refractivity contribution in [2.24, 2.45) is 0 Å². The van der Waals surface area contributed by atoms with Gasteiger partial charge in [-0.1, -0.05) is 0 Å². The molecule has 1 aromatic carbocycles. The molecule has 0 aliphatic carbocycles. The molecule has 0 amide bonds. The van der Waals surface area contributed by atoms with Crippen LogP contribution in [0.1, 0.15) is 10.4 Å². The van der Waals surface area contributed by atoms with Crippen LogP contribution >= 0.6 is 0 Å². The highest BCUT2D eigenvalue weighted by Gasteiger charge is 2.06. The molecule has 0 heterocycles. The average Bonchev–Trinajstić information content (AvgIpc) is 2.26. The Bertz CT molecular complexity index is 311. The number of hydrogen-bond donors (Lipinski definition) is 3. The summed E-state index contributed by atoms with van der Waals surface area (Å²) in [6.45, 7) is 0. The Balaban J connectivity index is 3.31. The lowest BCUT2D eigenvalue weighted by Gasteiger charge is -2.14. The molecule has 0 aromatic heterocycles. The van der Waals surface area contributed by atoms with Crippen molar-refractivity contribution in [2.75, 3.05) is 37.1 Å². The highest BCUT2D eigenvalue weighted by Crippen LogP contribution is 2.30. The zero-order chi connectivity index (χ0) is 10.6. The molecule has 0 spiro atoms. The van der Waals surface area contributed by atoms with E-state index in [-0.39, 0.29) is 0 Å². The molecular weight excluding hydrogens is 178 g/mol. The summed E-state index contributed by atoms with van der Waals surface area (Å²) in [6.07, 6.45) is 0.834. The molecule has 0 saturated carbocycles. The molecule has 0 saturated heterocycles. The molecular formula is C10H15N3O. The van der Waals surface area contributed by atoms with Gasteiger partial charge in [-0.25, -0.2) is 0 Å². The lowest BCUT2D eigenvalue weighted by Crippen LogP contribution is -2.02. The third kappa shape index (κ3) is 1.79. The number of benzene rings is 1. The van der Waals surface area contributed by atoms with Gasteiger partial charge < -0.3 is 16.0 Å². The molecule has 0 unspecified atom stereocenters. The van der Waals surface area contributed by atoms with Crippen LogP contribution in [0.5, 0.6) is 0 Å². The molecule has 4 nitrogen and oxygen atoms in total. The summed E-state index contributed by atoms with van der Waals surface area (Å²) in [4.78, 5) is 10.7. The van der Waals surface area contributed by atoms with Gasteiger partial charge in [-0.15, -0.1) is 0 Å². The van der Waals surface area contributed by atoms with E-state index in [2.05, 4.69) is 16.0 Å². The summed E-state index contributed by atoms with van der Waals surface area (Å²) >= 11 is 0. The molecule has 0 atom stereocenters. The third-order valence-electron chi connectivity index (χ3n) is 2.09. The lowest BCUT2D eigenvalue weighted by molar-refractivity contribution is 0.112. The van der Waals surface area contributed by atoms with E-state index in [0.717, 1.165) is 23.3 Å². The summed E-state index contributed by atoms with van der Waals surface area (Å²) in [6, 6.07) is 3.61. The Hall–Kier alpha value is -1.71. The van der Waals surface area contributed by atoms with Gasteiger partial charge in [0.1, 0.15) is 6.29 Å². The molecule has 0 radical (unpaired) electrons. The Kier molecular flexibility index (Phi) is 3.34. The van der Waals surface area contributed by atoms with E-state index < -0.39 is 0 Å². The Morgan fingerprint density at radius 2 is 1.50 bits per heavy atom. The van der Waals surface area contributed by atoms with E-state index in [1.165, 1.54) is 0 Å². The van der Waals surface area contributed by atoms with E-state index in [1.54, 1.807) is 12.1 Å². The SMILES string of the molecule is CNc1cc(C=O)cc(NC)c1NC. The minimum absolute atomic E-state index is 0.651. The molecule has 0 aliphatic rings. The van der Waals surface area contributed by atoms with Crippen molar-refractivity contribution in [3.63, 3.8) is 0 Å². The Morgan fingerprint density at radius 1 is 1.00 bits per heavy atom. The highest BCUT2D eigenvalue weighted by molar-refractivity contribution is 5.89. The number of nitrogens with one attached hydrogen (secondary N) is 3. The van der Waals surface area contributed by atoms with Gasteiger partial charge in [-0.2, -0.15) is 0 Å². The molecule has 0 aliphatic heterocycles. The molecule has 0 bridgehead atoms. The number of carbonyl (C=O) groups is 1. The van der Waals surface area contributed by atoms with Gasteiger partial charge in [0.2, 0.25) is 0 Å². The quantitative estimate of drug-likeness (QED) is 0.636. The van der Waals surface area contributed by atoms with Crippen LogP contribution in [0.15, 0.2) is 12.1 Å². The summed E-state index contributed by atoms with van der Waals surface area (Å²) in [5.74, 6) is 0. The van der Waals surface area contributed by atoms with Gasteiger partial charge in [-0.3, -0.25) is 4.79 Å². The molecule has 0 fully saturated rings. The number of carbonyl (C=O) groups excluding carboxylic acids is 1. The maximum atomic E-state index is 10.7. The predicted octanol–water partition coefficient (Wildman–Crippen LogP) is 1.62. The molecule has 3 N–H and O–H groups in total. The molecule has 76 valence electrons. The van der Waals surface area contributed by atoms with Crippen LogP contribution in [0.4, 0.5) is 17.1 Å². The monoisotopic (exact) mass is 193 g/mol. The van der Waals surface area contributed by atoms with Crippen molar-refractivity contribution < 1.29 is 4.79 Å². The summed E-state index contributed by atoms with van der Waals surface area (Å²) in [7, 11) is 5.49. The van der Waals surface area contributed by atoms with Crippen molar-refractivity contribution in [1.82, 2.24) is 0 Å². The first-order chi connectivity index (χ1) is 6.76. The Labute approximate surface area is 83.7 Å². The average molecular weight is 193 g/mol. The minimum atomic E-state index is 0.651. The lowest BCUT2D eigenvalue weighted by atomic mass is 10.1. The largest absolute Gasteiger partial charge is 0.386 e. The summed E-state index contributed by atoms with van der Waals surface area (Å²) in [5.41, 5.74) is 3.42. The van der Waals surface area contributed by atoms with E-state index in [9.17, 15) is 4.79 Å². The fourth-order valence-corrected chi connectivity index (χ4v) is 1.40. The number of aldehydes is 1. The van der Waals surface area contributed by atoms with Gasteiger partial charge in [-0.05, 0) is 12.1 Å². The van der Waals surface area contributed by atoms with Crippen LogP contribution in [0.25, 0.3) is 0 Å². The minimum Gasteiger partial charge on any atom is -0.386 e. The predicted molar refractivity (Wildman–Crippen MR) is 60.5 cm³/mol. The second-order valence-corrected chi connectivity index (χ2v) is 2.86. The van der Waals surface area contributed by atoms with E-state index >= 15 is 0 Å². The van der Waals surface area contributed by atoms with E-state index in [1.807, 2.05) is 21.1 Å². The normalized spacial score (nSPS) is 9.36. The van der Waals surface area contributed by atoms with Crippen molar-refractivity contribution in [3.8, 4) is 0 Å². The number of anilines is 3. The fourth-order valence-electron chi connectivity index (χ4n) is 1.40. The topological polar surface area (TPSA) is 53.2 Å². The second kappa shape index (κ2) is 4.50. The van der Waals surface area contributed by atoms with Crippen molar-refractivity contribution in [2.45, 2.75) is 0 Å². The van der Waals surface area contributed by atoms with Crippen LogP contribution < -0.4 is 16.0 Å². The van der Waals surface area contributed by atoms with Gasteiger partial charge in [0, 0.05) is 26.7 Å². The highest BCUT2D eigenvalue weighted by atomic mass is 16.1. The molecule has 1 rings (SSSR count). The first-order valence-corrected chi connectivity index (χ1v) is 4.43. The van der Waals surface area contributed by atoms with Crippen LogP contribution in [0.3, 0.4) is 0 Å². The zero-order valence-electron chi connectivity index (χ0n) is 8.64. The second-order valence-electron chi connectivity index (χ2n) is 2.86. The van der Waals surface area contributed by atoms with Gasteiger partial charge in [0.05, 0.1) is 17.1 Å². The maximum Gasteiger partial charge on any atom is 0.150 e. The first kappa shape index (κ1) is 10.4. The molecule has 4 heteroatoms. The number of hydrogen-bond acceptors (Lipinski definition) is 4. The van der Waals surface area contributed by atoms with Crippen LogP contribution in [0.2, 0.25) is 0 Å². The Morgan fingerprint density at radius 3 is 1.79 bits per heavy atom. The smallest absolute Gasteiger partial charge is 0.150 e. The first-order valence-electron chi connectivity index (χ1n) is 4.43. The van der Waals surface area contributed by atoms with Crippen molar-refractivity contribution in [3.05, 3.63) is 17.7 Å². The van der Waals surface area contributed by atoms with Crippen molar-refractivity contribution in [1.29, 1.82) is 0 Å². The van der Waals surface area contributed by atoms with Gasteiger partial charge in [0.15, 0.2) is 0 Å². The molecule has 14 heavy (non-hydrogen) atoms. The standard InChI is InChI=1S/C10H15N3O/c1-11-8-4-7(6-14)5-9(12-2)10(8)13-3/h4-6,11-13H,1-3H3. The van der Waals surface area contributed by atoms with Gasteiger partial charge in [0.25, 0.3) is 0 Å². The van der Waals surface area contributed by atoms with Crippen molar-refractivity contribution >= 4 is 23.3 Å². The van der Waals surface area contributed by atoms with Crippen LogP contribution in [-0.2, 0) is 0 Å². The fraction of sp³-hybridized carbons (Fsp3) is 0.300. The van der Waals surface area contributed by atoms with E-state index in [0.29, 0.717) is 5.56 Å².